The molecule has 21 heavy (non-hydrogen) atoms. The third-order valence-electron chi connectivity index (χ3n) is 3.86. The van der Waals surface area contributed by atoms with E-state index in [1.807, 2.05) is 4.90 Å². The van der Waals surface area contributed by atoms with Gasteiger partial charge in [-0.3, -0.25) is 14.5 Å². The molecular formula is C13H24N4O4. The number of piperazine rings is 1. The third kappa shape index (κ3) is 4.59. The summed E-state index contributed by atoms with van der Waals surface area (Å²) in [6.07, 6.45) is 0. The Kier molecular flexibility index (Phi) is 5.54. The minimum Gasteiger partial charge on any atom is -0.480 e. The predicted molar refractivity (Wildman–Crippen MR) is 76.6 cm³/mol. The molecule has 0 aliphatic carbocycles. The van der Waals surface area contributed by atoms with Crippen LogP contribution in [-0.4, -0.2) is 71.6 Å². The van der Waals surface area contributed by atoms with E-state index in [-0.39, 0.29) is 12.6 Å². The van der Waals surface area contributed by atoms with Crippen molar-refractivity contribution in [1.29, 1.82) is 0 Å². The Balaban J connectivity index is 2.42. The van der Waals surface area contributed by atoms with Crippen molar-refractivity contribution in [2.45, 2.75) is 26.8 Å². The maximum Gasteiger partial charge on any atom is 0.320 e. The van der Waals surface area contributed by atoms with E-state index in [9.17, 15) is 14.4 Å². The number of amides is 3. The van der Waals surface area contributed by atoms with Gasteiger partial charge in [0.1, 0.15) is 6.04 Å². The van der Waals surface area contributed by atoms with E-state index in [1.165, 1.54) is 0 Å². The molecule has 8 nitrogen and oxygen atoms in total. The number of nitrogens with zero attached hydrogens (tertiary/aromatic N) is 2. The van der Waals surface area contributed by atoms with Crippen molar-refractivity contribution in [3.63, 3.8) is 0 Å². The maximum atomic E-state index is 12.0. The van der Waals surface area contributed by atoms with E-state index in [1.54, 1.807) is 25.7 Å². The minimum atomic E-state index is -0.865. The number of hydrogen-bond acceptors (Lipinski definition) is 4. The molecule has 0 aromatic heterocycles. The standard InChI is InChI=1S/C13H24N4O4/c1-9(10(18)19)16-4-6-17(7-5-16)12(21)15-8-13(2,3)11(14)20/h9H,4-8H2,1-3H3,(H2,14,20)(H,15,21)(H,18,19). The van der Waals surface area contributed by atoms with Crippen LogP contribution in [0.5, 0.6) is 0 Å². The van der Waals surface area contributed by atoms with Gasteiger partial charge in [0.15, 0.2) is 0 Å². The van der Waals surface area contributed by atoms with Crippen molar-refractivity contribution in [3.05, 3.63) is 0 Å². The zero-order chi connectivity index (χ0) is 16.2. The van der Waals surface area contributed by atoms with E-state index in [4.69, 9.17) is 10.8 Å². The van der Waals surface area contributed by atoms with E-state index < -0.39 is 23.3 Å². The Morgan fingerprint density at radius 1 is 1.24 bits per heavy atom. The molecule has 120 valence electrons. The Hall–Kier alpha value is -1.83. The van der Waals surface area contributed by atoms with Crippen LogP contribution in [0.1, 0.15) is 20.8 Å². The van der Waals surface area contributed by atoms with Crippen LogP contribution in [0.25, 0.3) is 0 Å². The van der Waals surface area contributed by atoms with Crippen LogP contribution in [0.15, 0.2) is 0 Å². The number of rotatable bonds is 5. The summed E-state index contributed by atoms with van der Waals surface area (Å²) in [7, 11) is 0. The van der Waals surface area contributed by atoms with Crippen LogP contribution in [0.4, 0.5) is 4.79 Å². The predicted octanol–water partition coefficient (Wildman–Crippen LogP) is -0.702. The molecule has 3 amide bonds. The van der Waals surface area contributed by atoms with Gasteiger partial charge in [0.25, 0.3) is 0 Å². The molecule has 0 bridgehead atoms. The van der Waals surface area contributed by atoms with E-state index >= 15 is 0 Å². The molecule has 1 atom stereocenters. The van der Waals surface area contributed by atoms with Gasteiger partial charge in [0.2, 0.25) is 5.91 Å². The minimum absolute atomic E-state index is 0.174. The van der Waals surface area contributed by atoms with Gasteiger partial charge in [-0.05, 0) is 20.8 Å². The first-order chi connectivity index (χ1) is 9.65. The summed E-state index contributed by atoms with van der Waals surface area (Å²) in [6.45, 7) is 7.09. The molecule has 1 heterocycles. The lowest BCUT2D eigenvalue weighted by atomic mass is 9.93. The lowest BCUT2D eigenvalue weighted by molar-refractivity contribution is -0.143. The Morgan fingerprint density at radius 2 is 1.76 bits per heavy atom. The molecular weight excluding hydrogens is 276 g/mol. The van der Waals surface area contributed by atoms with Gasteiger partial charge in [0, 0.05) is 32.7 Å². The summed E-state index contributed by atoms with van der Waals surface area (Å²) >= 11 is 0. The quantitative estimate of drug-likeness (QED) is 0.621. The number of nitrogens with two attached hydrogens (primary N) is 1. The fourth-order valence-electron chi connectivity index (χ4n) is 1.96. The number of carbonyl (C=O) groups is 3. The highest BCUT2D eigenvalue weighted by Crippen LogP contribution is 2.12. The smallest absolute Gasteiger partial charge is 0.320 e. The number of carboxylic acid groups (broad SMARTS) is 1. The second-order valence-electron chi connectivity index (χ2n) is 5.94. The normalized spacial score (nSPS) is 18.1. The average Bonchev–Trinajstić information content (AvgIpc) is 2.44. The number of aliphatic carboxylic acids is 1. The number of primary amides is 1. The summed E-state index contributed by atoms with van der Waals surface area (Å²) in [4.78, 5) is 37.5. The average molecular weight is 300 g/mol. The zero-order valence-corrected chi connectivity index (χ0v) is 12.8. The maximum absolute atomic E-state index is 12.0. The first-order valence-corrected chi connectivity index (χ1v) is 6.94. The Morgan fingerprint density at radius 3 is 2.19 bits per heavy atom. The first-order valence-electron chi connectivity index (χ1n) is 6.94. The highest BCUT2D eigenvalue weighted by molar-refractivity contribution is 5.81. The summed E-state index contributed by atoms with van der Waals surface area (Å²) in [5, 5.41) is 11.6. The Bertz CT molecular complexity index is 416. The Labute approximate surface area is 124 Å². The van der Waals surface area contributed by atoms with Crippen molar-refractivity contribution in [2.75, 3.05) is 32.7 Å². The van der Waals surface area contributed by atoms with Crippen molar-refractivity contribution in [1.82, 2.24) is 15.1 Å². The summed E-state index contributed by atoms with van der Waals surface area (Å²) in [5.74, 6) is -1.33. The molecule has 1 unspecified atom stereocenters. The second-order valence-corrected chi connectivity index (χ2v) is 5.94. The molecule has 1 fully saturated rings. The van der Waals surface area contributed by atoms with Crippen LogP contribution in [0, 0.1) is 5.41 Å². The van der Waals surface area contributed by atoms with Crippen LogP contribution >= 0.6 is 0 Å². The molecule has 1 aliphatic heterocycles. The number of urea groups is 1. The van der Waals surface area contributed by atoms with Crippen molar-refractivity contribution in [3.8, 4) is 0 Å². The van der Waals surface area contributed by atoms with Gasteiger partial charge in [-0.1, -0.05) is 0 Å². The van der Waals surface area contributed by atoms with E-state index in [2.05, 4.69) is 5.32 Å². The molecule has 1 saturated heterocycles. The van der Waals surface area contributed by atoms with Gasteiger partial charge in [-0.2, -0.15) is 0 Å². The van der Waals surface area contributed by atoms with Crippen LogP contribution in [0.2, 0.25) is 0 Å². The lowest BCUT2D eigenvalue weighted by Gasteiger charge is -2.36. The molecule has 0 aromatic carbocycles. The molecule has 1 rings (SSSR count). The summed E-state index contributed by atoms with van der Waals surface area (Å²) in [6, 6.07) is -0.809. The highest BCUT2D eigenvalue weighted by Gasteiger charge is 2.29. The van der Waals surface area contributed by atoms with E-state index in [0.717, 1.165) is 0 Å². The largest absolute Gasteiger partial charge is 0.480 e. The SMILES string of the molecule is CC(C(=O)O)N1CCN(C(=O)NCC(C)(C)C(N)=O)CC1. The molecule has 4 N–H and O–H groups in total. The van der Waals surface area contributed by atoms with Gasteiger partial charge in [-0.25, -0.2) is 4.79 Å². The first kappa shape index (κ1) is 17.2. The van der Waals surface area contributed by atoms with Crippen molar-refractivity contribution >= 4 is 17.9 Å². The van der Waals surface area contributed by atoms with E-state index in [0.29, 0.717) is 26.2 Å². The molecule has 0 spiro atoms. The van der Waals surface area contributed by atoms with Crippen LogP contribution in [0.3, 0.4) is 0 Å². The van der Waals surface area contributed by atoms with Gasteiger partial charge in [-0.15, -0.1) is 0 Å². The van der Waals surface area contributed by atoms with Gasteiger partial charge in [0.05, 0.1) is 5.41 Å². The lowest BCUT2D eigenvalue weighted by Crippen LogP contribution is -2.56. The fraction of sp³-hybridized carbons (Fsp3) is 0.769. The number of hydrogen-bond donors (Lipinski definition) is 3. The zero-order valence-electron chi connectivity index (χ0n) is 12.8. The molecule has 0 aromatic rings. The number of carbonyl (C=O) groups excluding carboxylic acids is 2. The van der Waals surface area contributed by atoms with Gasteiger partial charge >= 0.3 is 12.0 Å². The molecule has 1 aliphatic rings. The molecule has 8 heteroatoms. The molecule has 0 radical (unpaired) electrons. The number of carboxylic acids is 1. The number of nitrogens with one attached hydrogen (secondary N) is 1. The van der Waals surface area contributed by atoms with Crippen LogP contribution in [-0.2, 0) is 9.59 Å². The van der Waals surface area contributed by atoms with Gasteiger partial charge < -0.3 is 21.1 Å². The monoisotopic (exact) mass is 300 g/mol. The second kappa shape index (κ2) is 6.75. The fourth-order valence-corrected chi connectivity index (χ4v) is 1.96. The van der Waals surface area contributed by atoms with Crippen LogP contribution < -0.4 is 11.1 Å². The summed E-state index contributed by atoms with van der Waals surface area (Å²) < 4.78 is 0. The third-order valence-corrected chi connectivity index (χ3v) is 3.86. The van der Waals surface area contributed by atoms with Crippen molar-refractivity contribution in [2.24, 2.45) is 11.1 Å². The topological polar surface area (TPSA) is 116 Å². The summed E-state index contributed by atoms with van der Waals surface area (Å²) in [5.41, 5.74) is 4.45. The van der Waals surface area contributed by atoms with Crippen molar-refractivity contribution < 1.29 is 19.5 Å². The highest BCUT2D eigenvalue weighted by atomic mass is 16.4. The molecule has 0 saturated carbocycles.